The maximum Gasteiger partial charge on any atom is 0.418 e. The van der Waals surface area contributed by atoms with Crippen molar-refractivity contribution in [2.24, 2.45) is 0 Å². The number of anilines is 1. The number of thioether (sulfide) groups is 1. The molecule has 1 heterocycles. The van der Waals surface area contributed by atoms with E-state index in [9.17, 15) is 22.8 Å². The van der Waals surface area contributed by atoms with Crippen LogP contribution in [0.3, 0.4) is 0 Å². The molecule has 0 aliphatic rings. The van der Waals surface area contributed by atoms with Crippen LogP contribution in [0.2, 0.25) is 0 Å². The highest BCUT2D eigenvalue weighted by molar-refractivity contribution is 7.99. The van der Waals surface area contributed by atoms with Crippen LogP contribution in [0.25, 0.3) is 5.69 Å². The number of carbonyl (C=O) groups excluding carboxylic acids is 1. The number of nitrogens with one attached hydrogen (secondary N) is 2. The minimum Gasteiger partial charge on any atom is -0.325 e. The third kappa shape index (κ3) is 4.40. The number of aromatic amines is 1. The van der Waals surface area contributed by atoms with Crippen molar-refractivity contribution >= 4 is 23.4 Å². The molecule has 0 bridgehead atoms. The lowest BCUT2D eigenvalue weighted by Crippen LogP contribution is -2.19. The first-order valence-electron chi connectivity index (χ1n) is 7.68. The Labute approximate surface area is 155 Å². The van der Waals surface area contributed by atoms with E-state index in [1.807, 2.05) is 0 Å². The molecule has 3 aromatic rings. The van der Waals surface area contributed by atoms with E-state index in [0.717, 1.165) is 17.8 Å². The average Bonchev–Trinajstić information content (AvgIpc) is 3.01. The van der Waals surface area contributed by atoms with Gasteiger partial charge in [0.05, 0.1) is 22.7 Å². The van der Waals surface area contributed by atoms with E-state index >= 15 is 0 Å². The van der Waals surface area contributed by atoms with Gasteiger partial charge in [-0.15, -0.1) is 5.10 Å². The van der Waals surface area contributed by atoms with Crippen molar-refractivity contribution in [3.8, 4) is 5.69 Å². The summed E-state index contributed by atoms with van der Waals surface area (Å²) in [5.41, 5.74) is -1.17. The summed E-state index contributed by atoms with van der Waals surface area (Å²) >= 11 is 0.931. The van der Waals surface area contributed by atoms with E-state index in [2.05, 4.69) is 15.5 Å². The lowest BCUT2D eigenvalue weighted by atomic mass is 10.1. The largest absolute Gasteiger partial charge is 0.418 e. The summed E-state index contributed by atoms with van der Waals surface area (Å²) in [6.07, 6.45) is -4.58. The van der Waals surface area contributed by atoms with E-state index in [1.54, 1.807) is 30.3 Å². The van der Waals surface area contributed by atoms with Gasteiger partial charge in [-0.05, 0) is 24.3 Å². The number of benzene rings is 2. The third-order valence-electron chi connectivity index (χ3n) is 3.49. The van der Waals surface area contributed by atoms with E-state index in [4.69, 9.17) is 0 Å². The second-order valence-electron chi connectivity index (χ2n) is 5.36. The van der Waals surface area contributed by atoms with Crippen molar-refractivity contribution in [1.82, 2.24) is 14.8 Å². The SMILES string of the molecule is O=C(CSc1n[nH]c(=O)n1-c1ccccc1)Nc1ccccc1C(F)(F)F. The average molecular weight is 394 g/mol. The first-order chi connectivity index (χ1) is 12.9. The summed E-state index contributed by atoms with van der Waals surface area (Å²) in [7, 11) is 0. The van der Waals surface area contributed by atoms with Crippen molar-refractivity contribution in [1.29, 1.82) is 0 Å². The van der Waals surface area contributed by atoms with Crippen LogP contribution in [-0.4, -0.2) is 26.4 Å². The molecule has 10 heteroatoms. The van der Waals surface area contributed by atoms with Gasteiger partial charge in [-0.2, -0.15) is 13.2 Å². The molecule has 0 aliphatic heterocycles. The minimum atomic E-state index is -4.58. The molecule has 6 nitrogen and oxygen atoms in total. The van der Waals surface area contributed by atoms with Crippen LogP contribution >= 0.6 is 11.8 Å². The number of alkyl halides is 3. The molecule has 0 unspecified atom stereocenters. The Bertz CT molecular complexity index is 999. The number of H-pyrrole nitrogens is 1. The Hall–Kier alpha value is -3.01. The van der Waals surface area contributed by atoms with Crippen LogP contribution in [0.5, 0.6) is 0 Å². The molecule has 0 atom stereocenters. The Kier molecular flexibility index (Phi) is 5.36. The summed E-state index contributed by atoms with van der Waals surface area (Å²) in [6.45, 7) is 0. The van der Waals surface area contributed by atoms with Crippen LogP contribution in [0.4, 0.5) is 18.9 Å². The fraction of sp³-hybridized carbons (Fsp3) is 0.118. The monoisotopic (exact) mass is 394 g/mol. The minimum absolute atomic E-state index is 0.219. The van der Waals surface area contributed by atoms with Gasteiger partial charge >= 0.3 is 11.9 Å². The molecule has 0 fully saturated rings. The quantitative estimate of drug-likeness (QED) is 0.651. The van der Waals surface area contributed by atoms with Crippen molar-refractivity contribution in [3.63, 3.8) is 0 Å². The van der Waals surface area contributed by atoms with Crippen LogP contribution < -0.4 is 11.0 Å². The molecule has 1 amide bonds. The maximum atomic E-state index is 13.0. The summed E-state index contributed by atoms with van der Waals surface area (Å²) < 4.78 is 40.2. The van der Waals surface area contributed by atoms with Crippen molar-refractivity contribution in [3.05, 3.63) is 70.6 Å². The van der Waals surface area contributed by atoms with Crippen LogP contribution in [0, 0.1) is 0 Å². The number of amides is 1. The Morgan fingerprint density at radius 3 is 2.48 bits per heavy atom. The standard InChI is InChI=1S/C17H13F3N4O2S/c18-17(19,20)12-8-4-5-9-13(12)21-14(25)10-27-16-23-22-15(26)24(16)11-6-2-1-3-7-11/h1-9H,10H2,(H,21,25)(H,22,26). The van der Waals surface area contributed by atoms with Gasteiger partial charge in [0.2, 0.25) is 5.91 Å². The Morgan fingerprint density at radius 2 is 1.78 bits per heavy atom. The summed E-state index contributed by atoms with van der Waals surface area (Å²) in [5, 5.41) is 8.63. The van der Waals surface area contributed by atoms with Gasteiger partial charge < -0.3 is 5.32 Å². The Balaban J connectivity index is 1.73. The summed E-state index contributed by atoms with van der Waals surface area (Å²) in [5.74, 6) is -0.865. The molecule has 0 saturated carbocycles. The predicted octanol–water partition coefficient (Wildman–Crippen LogP) is 3.31. The van der Waals surface area contributed by atoms with Crippen molar-refractivity contribution in [2.75, 3.05) is 11.1 Å². The number of hydrogen-bond donors (Lipinski definition) is 2. The van der Waals surface area contributed by atoms with Crippen molar-refractivity contribution in [2.45, 2.75) is 11.3 Å². The highest BCUT2D eigenvalue weighted by Gasteiger charge is 2.33. The normalized spacial score (nSPS) is 11.4. The van der Waals surface area contributed by atoms with Gasteiger partial charge in [0.15, 0.2) is 5.16 Å². The van der Waals surface area contributed by atoms with E-state index in [1.165, 1.54) is 22.8 Å². The highest BCUT2D eigenvalue weighted by atomic mass is 32.2. The molecule has 2 N–H and O–H groups in total. The van der Waals surface area contributed by atoms with E-state index in [0.29, 0.717) is 5.69 Å². The molecule has 0 radical (unpaired) electrons. The van der Waals surface area contributed by atoms with Gasteiger partial charge in [0.25, 0.3) is 0 Å². The molecule has 2 aromatic carbocycles. The summed E-state index contributed by atoms with van der Waals surface area (Å²) in [4.78, 5) is 24.0. The number of halogens is 3. The molecule has 0 saturated heterocycles. The van der Waals surface area contributed by atoms with Gasteiger partial charge in [-0.25, -0.2) is 14.5 Å². The number of rotatable bonds is 5. The van der Waals surface area contributed by atoms with Gasteiger partial charge in [-0.1, -0.05) is 42.1 Å². The lowest BCUT2D eigenvalue weighted by molar-refractivity contribution is -0.137. The number of hydrogen-bond acceptors (Lipinski definition) is 4. The second kappa shape index (κ2) is 7.70. The zero-order valence-electron chi connectivity index (χ0n) is 13.7. The molecule has 0 spiro atoms. The smallest absolute Gasteiger partial charge is 0.325 e. The molecular weight excluding hydrogens is 381 g/mol. The number of carbonyl (C=O) groups is 1. The fourth-order valence-electron chi connectivity index (χ4n) is 2.34. The number of para-hydroxylation sites is 2. The molecule has 0 aliphatic carbocycles. The molecule has 27 heavy (non-hydrogen) atoms. The van der Waals surface area contributed by atoms with E-state index in [-0.39, 0.29) is 16.6 Å². The number of aromatic nitrogens is 3. The molecule has 140 valence electrons. The number of nitrogens with zero attached hydrogens (tertiary/aromatic N) is 2. The third-order valence-corrected chi connectivity index (χ3v) is 4.43. The van der Waals surface area contributed by atoms with Crippen LogP contribution in [0.1, 0.15) is 5.56 Å². The maximum absolute atomic E-state index is 13.0. The van der Waals surface area contributed by atoms with Crippen molar-refractivity contribution < 1.29 is 18.0 Å². The first-order valence-corrected chi connectivity index (χ1v) is 8.66. The van der Waals surface area contributed by atoms with E-state index < -0.39 is 23.3 Å². The second-order valence-corrected chi connectivity index (χ2v) is 6.30. The fourth-order valence-corrected chi connectivity index (χ4v) is 3.10. The highest BCUT2D eigenvalue weighted by Crippen LogP contribution is 2.34. The van der Waals surface area contributed by atoms with Gasteiger partial charge in [0, 0.05) is 0 Å². The summed E-state index contributed by atoms with van der Waals surface area (Å²) in [6, 6.07) is 13.4. The topological polar surface area (TPSA) is 79.8 Å². The van der Waals surface area contributed by atoms with Crippen LogP contribution in [0.15, 0.2) is 64.5 Å². The van der Waals surface area contributed by atoms with Crippen LogP contribution in [-0.2, 0) is 11.0 Å². The lowest BCUT2D eigenvalue weighted by Gasteiger charge is -2.13. The van der Waals surface area contributed by atoms with Gasteiger partial charge in [-0.3, -0.25) is 4.79 Å². The first kappa shape index (κ1) is 18.8. The molecular formula is C17H13F3N4O2S. The Morgan fingerprint density at radius 1 is 1.11 bits per heavy atom. The molecule has 3 rings (SSSR count). The zero-order chi connectivity index (χ0) is 19.4. The van der Waals surface area contributed by atoms with Gasteiger partial charge in [0.1, 0.15) is 0 Å². The predicted molar refractivity (Wildman–Crippen MR) is 95.0 cm³/mol. The molecule has 1 aromatic heterocycles. The zero-order valence-corrected chi connectivity index (χ0v) is 14.5.